The highest BCUT2D eigenvalue weighted by Gasteiger charge is 2.25. The quantitative estimate of drug-likeness (QED) is 0.816. The summed E-state index contributed by atoms with van der Waals surface area (Å²) in [5, 5.41) is 0. The van der Waals surface area contributed by atoms with Crippen molar-refractivity contribution in [3.63, 3.8) is 0 Å². The lowest BCUT2D eigenvalue weighted by Crippen LogP contribution is -2.24. The maximum atomic E-state index is 12.0. The van der Waals surface area contributed by atoms with E-state index < -0.39 is 10.0 Å². The van der Waals surface area contributed by atoms with E-state index >= 15 is 0 Å². The van der Waals surface area contributed by atoms with Crippen LogP contribution >= 0.6 is 15.9 Å². The van der Waals surface area contributed by atoms with E-state index in [4.69, 9.17) is 0 Å². The lowest BCUT2D eigenvalue weighted by Gasteiger charge is -2.20. The minimum Gasteiger partial charge on any atom is -0.358 e. The molecule has 5 nitrogen and oxygen atoms in total. The van der Waals surface area contributed by atoms with Crippen molar-refractivity contribution in [1.29, 1.82) is 0 Å². The van der Waals surface area contributed by atoms with Crippen molar-refractivity contribution in [3.8, 4) is 0 Å². The smallest absolute Gasteiger partial charge is 0.244 e. The molecule has 1 saturated carbocycles. The lowest BCUT2D eigenvalue weighted by atomic mass is 10.3. The molecule has 0 aliphatic heterocycles. The molecule has 1 aliphatic carbocycles. The molecule has 1 aromatic rings. The lowest BCUT2D eigenvalue weighted by molar-refractivity contribution is 0.520. The number of anilines is 1. The summed E-state index contributed by atoms with van der Waals surface area (Å²) in [5.41, 5.74) is 0. The Bertz CT molecular complexity index is 570. The molecular formula is C12H18BrN3O2S. The summed E-state index contributed by atoms with van der Waals surface area (Å²) < 4.78 is 25.9. The third-order valence-corrected chi connectivity index (χ3v) is 5.53. The van der Waals surface area contributed by atoms with Gasteiger partial charge in [-0.25, -0.2) is 17.7 Å². The van der Waals surface area contributed by atoms with Gasteiger partial charge in [0.25, 0.3) is 0 Å². The average molecular weight is 348 g/mol. The van der Waals surface area contributed by atoms with E-state index in [1.165, 1.54) is 37.4 Å². The first kappa shape index (κ1) is 14.7. The van der Waals surface area contributed by atoms with E-state index in [9.17, 15) is 8.42 Å². The summed E-state index contributed by atoms with van der Waals surface area (Å²) in [4.78, 5) is 6.55. The molecule has 106 valence electrons. The Morgan fingerprint density at radius 3 is 2.47 bits per heavy atom. The fraction of sp³-hybridized carbons (Fsp3) is 0.583. The second-order valence-electron chi connectivity index (χ2n) is 5.09. The molecule has 19 heavy (non-hydrogen) atoms. The van der Waals surface area contributed by atoms with Gasteiger partial charge in [-0.05, 0) is 40.8 Å². The summed E-state index contributed by atoms with van der Waals surface area (Å²) in [6.07, 6.45) is 3.96. The highest BCUT2D eigenvalue weighted by Crippen LogP contribution is 2.33. The Hall–Kier alpha value is -0.660. The van der Waals surface area contributed by atoms with Gasteiger partial charge in [0.05, 0.1) is 4.47 Å². The number of hydrogen-bond acceptors (Lipinski definition) is 4. The zero-order chi connectivity index (χ0) is 14.2. The van der Waals surface area contributed by atoms with Crippen molar-refractivity contribution < 1.29 is 8.42 Å². The van der Waals surface area contributed by atoms with Crippen LogP contribution in [0.15, 0.2) is 21.6 Å². The van der Waals surface area contributed by atoms with Gasteiger partial charge in [0.2, 0.25) is 10.0 Å². The van der Waals surface area contributed by atoms with Gasteiger partial charge in [0.1, 0.15) is 10.7 Å². The van der Waals surface area contributed by atoms with E-state index in [0.29, 0.717) is 4.47 Å². The molecule has 0 amide bonds. The minimum atomic E-state index is -3.43. The molecule has 0 radical (unpaired) electrons. The number of aromatic nitrogens is 1. The Labute approximate surface area is 122 Å². The second-order valence-corrected chi connectivity index (χ2v) is 8.09. The molecular weight excluding hydrogens is 330 g/mol. The molecule has 0 unspecified atom stereocenters. The van der Waals surface area contributed by atoms with Crippen molar-refractivity contribution in [3.05, 3.63) is 16.7 Å². The third kappa shape index (κ3) is 3.27. The average Bonchev–Trinajstić information content (AvgIpc) is 3.12. The summed E-state index contributed by atoms with van der Waals surface area (Å²) in [6, 6.07) is 1.61. The van der Waals surface area contributed by atoms with Crippen LogP contribution in [-0.2, 0) is 10.0 Å². The fourth-order valence-electron chi connectivity index (χ4n) is 1.82. The Morgan fingerprint density at radius 2 is 2.00 bits per heavy atom. The number of hydrogen-bond donors (Lipinski definition) is 0. The van der Waals surface area contributed by atoms with Crippen LogP contribution in [0.4, 0.5) is 5.82 Å². The van der Waals surface area contributed by atoms with E-state index in [0.717, 1.165) is 18.3 Å². The van der Waals surface area contributed by atoms with E-state index in [1.54, 1.807) is 6.07 Å². The molecule has 0 N–H and O–H groups in total. The summed E-state index contributed by atoms with van der Waals surface area (Å²) >= 11 is 3.41. The van der Waals surface area contributed by atoms with Crippen LogP contribution in [0.1, 0.15) is 12.8 Å². The summed E-state index contributed by atoms with van der Waals surface area (Å²) in [7, 11) is 1.57. The zero-order valence-electron chi connectivity index (χ0n) is 11.3. The van der Waals surface area contributed by atoms with Crippen molar-refractivity contribution in [2.45, 2.75) is 17.7 Å². The predicted octanol–water partition coefficient (Wildman–Crippen LogP) is 1.94. The van der Waals surface area contributed by atoms with Crippen LogP contribution in [0.3, 0.4) is 0 Å². The first-order valence-corrected chi connectivity index (χ1v) is 8.35. The number of halogens is 1. The summed E-state index contributed by atoms with van der Waals surface area (Å²) in [5.74, 6) is 1.54. The second kappa shape index (κ2) is 5.38. The Kier molecular flexibility index (Phi) is 4.17. The van der Waals surface area contributed by atoms with Gasteiger partial charge in [-0.15, -0.1) is 0 Å². The molecule has 1 heterocycles. The van der Waals surface area contributed by atoms with Gasteiger partial charge in [-0.3, -0.25) is 0 Å². The number of pyridine rings is 1. The van der Waals surface area contributed by atoms with Crippen molar-refractivity contribution >= 4 is 31.8 Å². The van der Waals surface area contributed by atoms with Crippen LogP contribution in [-0.4, -0.2) is 45.4 Å². The number of nitrogens with zero attached hydrogens (tertiary/aromatic N) is 3. The molecule has 7 heteroatoms. The van der Waals surface area contributed by atoms with E-state index in [2.05, 4.69) is 25.8 Å². The fourth-order valence-corrected chi connectivity index (χ4v) is 3.50. The van der Waals surface area contributed by atoms with E-state index in [-0.39, 0.29) is 4.90 Å². The van der Waals surface area contributed by atoms with Gasteiger partial charge < -0.3 is 4.90 Å². The third-order valence-electron chi connectivity index (χ3n) is 3.17. The molecule has 1 aromatic heterocycles. The standard InChI is InChI=1S/C12H18BrN3O2S/c1-15(2)19(17,18)10-6-11(13)12(14-7-10)16(3)8-9-4-5-9/h6-7,9H,4-5,8H2,1-3H3. The van der Waals surface area contributed by atoms with Crippen LogP contribution in [0.2, 0.25) is 0 Å². The maximum absolute atomic E-state index is 12.0. The molecule has 0 atom stereocenters. The van der Waals surface area contributed by atoms with Crippen LogP contribution in [0, 0.1) is 5.92 Å². The van der Waals surface area contributed by atoms with Gasteiger partial charge in [-0.1, -0.05) is 0 Å². The number of sulfonamides is 1. The van der Waals surface area contributed by atoms with Gasteiger partial charge >= 0.3 is 0 Å². The zero-order valence-corrected chi connectivity index (χ0v) is 13.7. The van der Waals surface area contributed by atoms with Crippen molar-refractivity contribution in [2.75, 3.05) is 32.6 Å². The van der Waals surface area contributed by atoms with Crippen LogP contribution in [0.25, 0.3) is 0 Å². The molecule has 1 fully saturated rings. The molecule has 1 aliphatic rings. The first-order valence-electron chi connectivity index (χ1n) is 6.11. The highest BCUT2D eigenvalue weighted by atomic mass is 79.9. The minimum absolute atomic E-state index is 0.202. The molecule has 0 saturated heterocycles. The Morgan fingerprint density at radius 1 is 1.37 bits per heavy atom. The first-order chi connectivity index (χ1) is 8.82. The SMILES string of the molecule is CN(CC1CC1)c1ncc(S(=O)(=O)N(C)C)cc1Br. The van der Waals surface area contributed by atoms with E-state index in [1.807, 2.05) is 7.05 Å². The molecule has 0 aromatic carbocycles. The van der Waals surface area contributed by atoms with Gasteiger partial charge in [-0.2, -0.15) is 0 Å². The number of rotatable bonds is 5. The van der Waals surface area contributed by atoms with Crippen molar-refractivity contribution in [2.24, 2.45) is 5.92 Å². The predicted molar refractivity (Wildman–Crippen MR) is 78.8 cm³/mol. The largest absolute Gasteiger partial charge is 0.358 e. The molecule has 0 spiro atoms. The molecule has 2 rings (SSSR count). The monoisotopic (exact) mass is 347 g/mol. The topological polar surface area (TPSA) is 53.5 Å². The molecule has 0 bridgehead atoms. The van der Waals surface area contributed by atoms with Gasteiger partial charge in [0, 0.05) is 33.9 Å². The van der Waals surface area contributed by atoms with Crippen LogP contribution < -0.4 is 4.90 Å². The van der Waals surface area contributed by atoms with Crippen LogP contribution in [0.5, 0.6) is 0 Å². The highest BCUT2D eigenvalue weighted by molar-refractivity contribution is 9.10. The Balaban J connectivity index is 2.26. The van der Waals surface area contributed by atoms with Gasteiger partial charge in [0.15, 0.2) is 0 Å². The van der Waals surface area contributed by atoms with Crippen molar-refractivity contribution in [1.82, 2.24) is 9.29 Å². The maximum Gasteiger partial charge on any atom is 0.244 e. The summed E-state index contributed by atoms with van der Waals surface area (Å²) in [6.45, 7) is 0.964. The normalized spacial score (nSPS) is 15.8.